The molecular weight excluding hydrogens is 304 g/mol. The lowest BCUT2D eigenvalue weighted by Gasteiger charge is -2.29. The SMILES string of the molecule is CCC(CC)(CBr)CSCc1cc(C)cc(C)c1. The normalized spacial score (nSPS) is 11.8. The van der Waals surface area contributed by atoms with Crippen molar-refractivity contribution in [3.63, 3.8) is 0 Å². The highest BCUT2D eigenvalue weighted by molar-refractivity contribution is 9.09. The minimum absolute atomic E-state index is 0.476. The van der Waals surface area contributed by atoms with Gasteiger partial charge < -0.3 is 0 Å². The minimum Gasteiger partial charge on any atom is -0.157 e. The van der Waals surface area contributed by atoms with Gasteiger partial charge in [-0.15, -0.1) is 0 Å². The first-order chi connectivity index (χ1) is 8.55. The minimum atomic E-state index is 0.476. The molecule has 1 aromatic carbocycles. The van der Waals surface area contributed by atoms with E-state index in [1.807, 2.05) is 0 Å². The Kier molecular flexibility index (Phi) is 6.79. The van der Waals surface area contributed by atoms with Crippen molar-refractivity contribution in [2.45, 2.75) is 46.3 Å². The van der Waals surface area contributed by atoms with Gasteiger partial charge in [-0.05, 0) is 37.7 Å². The zero-order chi connectivity index (χ0) is 13.6. The van der Waals surface area contributed by atoms with Crippen LogP contribution in [-0.4, -0.2) is 11.1 Å². The summed E-state index contributed by atoms with van der Waals surface area (Å²) in [5.74, 6) is 2.38. The predicted molar refractivity (Wildman–Crippen MR) is 88.9 cm³/mol. The Morgan fingerprint density at radius 3 is 2.06 bits per heavy atom. The van der Waals surface area contributed by atoms with E-state index in [1.165, 1.54) is 35.3 Å². The van der Waals surface area contributed by atoms with E-state index in [0.717, 1.165) is 11.1 Å². The summed E-state index contributed by atoms with van der Waals surface area (Å²) < 4.78 is 0. The van der Waals surface area contributed by atoms with E-state index >= 15 is 0 Å². The summed E-state index contributed by atoms with van der Waals surface area (Å²) in [4.78, 5) is 0. The van der Waals surface area contributed by atoms with Crippen molar-refractivity contribution in [2.75, 3.05) is 11.1 Å². The summed E-state index contributed by atoms with van der Waals surface area (Å²) in [5, 5.41) is 1.12. The molecular formula is C16H25BrS. The smallest absolute Gasteiger partial charge is 0.0184 e. The lowest BCUT2D eigenvalue weighted by Crippen LogP contribution is -2.23. The maximum Gasteiger partial charge on any atom is 0.0184 e. The Labute approximate surface area is 125 Å². The number of hydrogen-bond acceptors (Lipinski definition) is 1. The van der Waals surface area contributed by atoms with Crippen LogP contribution in [-0.2, 0) is 5.75 Å². The Bertz CT molecular complexity index is 341. The average molecular weight is 329 g/mol. The summed E-state index contributed by atoms with van der Waals surface area (Å²) in [7, 11) is 0. The fourth-order valence-corrected chi connectivity index (χ4v) is 4.92. The molecule has 0 amide bonds. The second-order valence-corrected chi connectivity index (χ2v) is 6.88. The van der Waals surface area contributed by atoms with Gasteiger partial charge in [-0.3, -0.25) is 0 Å². The van der Waals surface area contributed by atoms with Crippen molar-refractivity contribution >= 4 is 27.7 Å². The van der Waals surface area contributed by atoms with Crippen molar-refractivity contribution in [3.8, 4) is 0 Å². The van der Waals surface area contributed by atoms with E-state index in [9.17, 15) is 0 Å². The van der Waals surface area contributed by atoms with Gasteiger partial charge >= 0.3 is 0 Å². The van der Waals surface area contributed by atoms with E-state index in [2.05, 4.69) is 73.6 Å². The molecule has 0 unspecified atom stereocenters. The summed E-state index contributed by atoms with van der Waals surface area (Å²) in [5.41, 5.74) is 4.70. The Balaban J connectivity index is 2.55. The summed E-state index contributed by atoms with van der Waals surface area (Å²) in [6.07, 6.45) is 2.52. The Morgan fingerprint density at radius 1 is 1.06 bits per heavy atom. The fourth-order valence-electron chi connectivity index (χ4n) is 2.22. The first-order valence-corrected chi connectivity index (χ1v) is 9.03. The zero-order valence-corrected chi connectivity index (χ0v) is 14.5. The molecule has 0 N–H and O–H groups in total. The molecule has 0 aliphatic carbocycles. The molecule has 18 heavy (non-hydrogen) atoms. The average Bonchev–Trinajstić information content (AvgIpc) is 2.34. The molecule has 0 radical (unpaired) electrons. The van der Waals surface area contributed by atoms with Gasteiger partial charge in [0.1, 0.15) is 0 Å². The third-order valence-electron chi connectivity index (χ3n) is 3.74. The van der Waals surface area contributed by atoms with Gasteiger partial charge in [0, 0.05) is 16.8 Å². The van der Waals surface area contributed by atoms with Crippen molar-refractivity contribution in [1.29, 1.82) is 0 Å². The van der Waals surface area contributed by atoms with Crippen LogP contribution in [0.4, 0.5) is 0 Å². The summed E-state index contributed by atoms with van der Waals surface area (Å²) in [6, 6.07) is 6.87. The molecule has 102 valence electrons. The highest BCUT2D eigenvalue weighted by Gasteiger charge is 2.24. The van der Waals surface area contributed by atoms with Crippen LogP contribution >= 0.6 is 27.7 Å². The number of thioether (sulfide) groups is 1. The van der Waals surface area contributed by atoms with Crippen molar-refractivity contribution in [1.82, 2.24) is 0 Å². The first kappa shape index (κ1) is 16.1. The van der Waals surface area contributed by atoms with Crippen LogP contribution in [0.5, 0.6) is 0 Å². The van der Waals surface area contributed by atoms with Crippen LogP contribution < -0.4 is 0 Å². The number of halogens is 1. The van der Waals surface area contributed by atoms with E-state index < -0.39 is 0 Å². The van der Waals surface area contributed by atoms with Crippen LogP contribution in [0.2, 0.25) is 0 Å². The standard InChI is InChI=1S/C16H25BrS/c1-5-16(6-2,11-17)12-18-10-15-8-13(3)7-14(4)9-15/h7-9H,5-6,10-12H2,1-4H3. The van der Waals surface area contributed by atoms with E-state index in [1.54, 1.807) is 0 Å². The first-order valence-electron chi connectivity index (χ1n) is 6.76. The second-order valence-electron chi connectivity index (χ2n) is 5.33. The summed E-state index contributed by atoms with van der Waals surface area (Å²) >= 11 is 5.76. The number of benzene rings is 1. The van der Waals surface area contributed by atoms with Crippen LogP contribution in [0.15, 0.2) is 18.2 Å². The maximum absolute atomic E-state index is 3.69. The van der Waals surface area contributed by atoms with Gasteiger partial charge in [-0.1, -0.05) is 59.1 Å². The molecule has 0 heterocycles. The lowest BCUT2D eigenvalue weighted by atomic mass is 9.87. The fraction of sp³-hybridized carbons (Fsp3) is 0.625. The number of alkyl halides is 1. The topological polar surface area (TPSA) is 0 Å². The Hall–Kier alpha value is 0.0500. The van der Waals surface area contributed by atoms with Gasteiger partial charge in [0.15, 0.2) is 0 Å². The molecule has 2 heteroatoms. The molecule has 0 atom stereocenters. The molecule has 0 nitrogen and oxygen atoms in total. The second kappa shape index (κ2) is 7.59. The summed E-state index contributed by atoms with van der Waals surface area (Å²) in [6.45, 7) is 8.98. The Morgan fingerprint density at radius 2 is 1.61 bits per heavy atom. The molecule has 0 saturated carbocycles. The lowest BCUT2D eigenvalue weighted by molar-refractivity contribution is 0.359. The largest absolute Gasteiger partial charge is 0.157 e. The van der Waals surface area contributed by atoms with Crippen LogP contribution in [0.25, 0.3) is 0 Å². The highest BCUT2D eigenvalue weighted by Crippen LogP contribution is 2.34. The van der Waals surface area contributed by atoms with E-state index in [4.69, 9.17) is 0 Å². The van der Waals surface area contributed by atoms with E-state index in [-0.39, 0.29) is 0 Å². The zero-order valence-electron chi connectivity index (χ0n) is 12.1. The number of aryl methyl sites for hydroxylation is 2. The van der Waals surface area contributed by atoms with Crippen molar-refractivity contribution in [2.24, 2.45) is 5.41 Å². The molecule has 0 fully saturated rings. The van der Waals surface area contributed by atoms with Crippen LogP contribution in [0.1, 0.15) is 43.4 Å². The molecule has 1 aromatic rings. The molecule has 0 spiro atoms. The van der Waals surface area contributed by atoms with Crippen molar-refractivity contribution < 1.29 is 0 Å². The van der Waals surface area contributed by atoms with Crippen LogP contribution in [0.3, 0.4) is 0 Å². The number of hydrogen-bond donors (Lipinski definition) is 0. The van der Waals surface area contributed by atoms with Gasteiger partial charge in [0.2, 0.25) is 0 Å². The third kappa shape index (κ3) is 4.62. The van der Waals surface area contributed by atoms with E-state index in [0.29, 0.717) is 5.41 Å². The molecule has 0 bridgehead atoms. The quantitative estimate of drug-likeness (QED) is 0.575. The molecule has 0 aliphatic rings. The predicted octanol–water partition coefficient (Wildman–Crippen LogP) is 5.74. The van der Waals surface area contributed by atoms with Gasteiger partial charge in [-0.2, -0.15) is 11.8 Å². The molecule has 0 aromatic heterocycles. The molecule has 1 rings (SSSR count). The maximum atomic E-state index is 3.69. The number of rotatable bonds is 7. The van der Waals surface area contributed by atoms with Gasteiger partial charge in [0.05, 0.1) is 0 Å². The molecule has 0 aliphatic heterocycles. The monoisotopic (exact) mass is 328 g/mol. The van der Waals surface area contributed by atoms with Crippen LogP contribution in [0, 0.1) is 19.3 Å². The highest BCUT2D eigenvalue weighted by atomic mass is 79.9. The third-order valence-corrected chi connectivity index (χ3v) is 6.29. The van der Waals surface area contributed by atoms with Crippen molar-refractivity contribution in [3.05, 3.63) is 34.9 Å². The molecule has 0 saturated heterocycles. The van der Waals surface area contributed by atoms with Gasteiger partial charge in [0.25, 0.3) is 0 Å². The van der Waals surface area contributed by atoms with Gasteiger partial charge in [-0.25, -0.2) is 0 Å².